The zero-order chi connectivity index (χ0) is 19.5. The summed E-state index contributed by atoms with van der Waals surface area (Å²) in [6.07, 6.45) is 10.0. The molecule has 6 rings (SSSR count). The van der Waals surface area contributed by atoms with Gasteiger partial charge in [-0.05, 0) is 73.8 Å². The van der Waals surface area contributed by atoms with E-state index in [-0.39, 0.29) is 12.5 Å². The van der Waals surface area contributed by atoms with Crippen molar-refractivity contribution in [3.8, 4) is 0 Å². The molecule has 5 nitrogen and oxygen atoms in total. The van der Waals surface area contributed by atoms with E-state index in [4.69, 9.17) is 0 Å². The molecule has 4 aliphatic rings. The Labute approximate surface area is 166 Å². The van der Waals surface area contributed by atoms with Crippen LogP contribution in [0.5, 0.6) is 0 Å². The third-order valence-electron chi connectivity index (χ3n) is 7.60. The van der Waals surface area contributed by atoms with Crippen molar-refractivity contribution in [2.75, 3.05) is 13.2 Å². The molecular weight excluding hydrogens is 350 g/mol. The van der Waals surface area contributed by atoms with Crippen LogP contribution in [-0.2, 0) is 5.41 Å². The standard InChI is InChI=1S/C23H31N3O2/c1-22(2,14-27)19-12-26-18(4-3-5-20(26)25-19)21(28)24-13-23-9-15-6-16(10-23)8-17(7-15)11-23/h3-5,12,15-17,27H,6-11,13-14H2,1-2H3,(H,24,28). The monoisotopic (exact) mass is 381 g/mol. The number of hydrogen-bond acceptors (Lipinski definition) is 3. The third-order valence-corrected chi connectivity index (χ3v) is 7.60. The predicted octanol–water partition coefficient (Wildman–Crippen LogP) is 3.55. The second-order valence-corrected chi connectivity index (χ2v) is 10.4. The van der Waals surface area contributed by atoms with Gasteiger partial charge < -0.3 is 10.4 Å². The fourth-order valence-corrected chi connectivity index (χ4v) is 6.47. The first-order valence-corrected chi connectivity index (χ1v) is 10.8. The largest absolute Gasteiger partial charge is 0.395 e. The molecule has 4 fully saturated rings. The number of aliphatic hydroxyl groups is 1. The Hall–Kier alpha value is -1.88. The molecule has 0 aliphatic heterocycles. The van der Waals surface area contributed by atoms with Gasteiger partial charge in [0.2, 0.25) is 0 Å². The van der Waals surface area contributed by atoms with Crippen molar-refractivity contribution in [2.45, 2.75) is 57.8 Å². The number of carbonyl (C=O) groups excluding carboxylic acids is 1. The smallest absolute Gasteiger partial charge is 0.268 e. The minimum atomic E-state index is -0.432. The SMILES string of the molecule is CC(C)(CO)c1cn2c(C(=O)NCC34CC5CC(CC(C5)C3)C4)cccc2n1. The topological polar surface area (TPSA) is 66.6 Å². The molecule has 4 aliphatic carbocycles. The van der Waals surface area contributed by atoms with Crippen molar-refractivity contribution in [1.29, 1.82) is 0 Å². The van der Waals surface area contributed by atoms with Gasteiger partial charge in [0.1, 0.15) is 11.3 Å². The molecule has 4 bridgehead atoms. The number of fused-ring (bicyclic) bond motifs is 1. The first-order valence-electron chi connectivity index (χ1n) is 10.8. The van der Waals surface area contributed by atoms with E-state index in [1.54, 1.807) is 0 Å². The molecule has 2 aromatic heterocycles. The number of imidazole rings is 1. The van der Waals surface area contributed by atoms with Crippen molar-refractivity contribution in [3.63, 3.8) is 0 Å². The van der Waals surface area contributed by atoms with E-state index < -0.39 is 5.41 Å². The molecule has 2 aromatic rings. The molecule has 4 saturated carbocycles. The lowest BCUT2D eigenvalue weighted by atomic mass is 9.49. The summed E-state index contributed by atoms with van der Waals surface area (Å²) >= 11 is 0. The van der Waals surface area contributed by atoms with E-state index in [1.165, 1.54) is 38.5 Å². The molecule has 28 heavy (non-hydrogen) atoms. The minimum Gasteiger partial charge on any atom is -0.395 e. The number of aliphatic hydroxyl groups excluding tert-OH is 1. The highest BCUT2D eigenvalue weighted by molar-refractivity contribution is 5.93. The van der Waals surface area contributed by atoms with Gasteiger partial charge in [-0.2, -0.15) is 0 Å². The highest BCUT2D eigenvalue weighted by Gasteiger charge is 2.50. The van der Waals surface area contributed by atoms with E-state index >= 15 is 0 Å². The molecule has 2 heterocycles. The van der Waals surface area contributed by atoms with Crippen LogP contribution in [0.2, 0.25) is 0 Å². The van der Waals surface area contributed by atoms with Crippen LogP contribution in [0.4, 0.5) is 0 Å². The maximum atomic E-state index is 13.1. The highest BCUT2D eigenvalue weighted by Crippen LogP contribution is 2.59. The Morgan fingerprint density at radius 1 is 1.21 bits per heavy atom. The summed E-state index contributed by atoms with van der Waals surface area (Å²) in [6, 6.07) is 5.66. The molecule has 150 valence electrons. The Morgan fingerprint density at radius 2 is 1.86 bits per heavy atom. The molecule has 2 N–H and O–H groups in total. The molecule has 0 spiro atoms. The highest BCUT2D eigenvalue weighted by atomic mass is 16.3. The first-order chi connectivity index (χ1) is 13.4. The van der Waals surface area contributed by atoms with Gasteiger partial charge in [0.05, 0.1) is 12.3 Å². The van der Waals surface area contributed by atoms with E-state index in [1.807, 2.05) is 42.6 Å². The molecule has 5 heteroatoms. The zero-order valence-electron chi connectivity index (χ0n) is 16.9. The number of rotatable bonds is 5. The lowest BCUT2D eigenvalue weighted by molar-refractivity contribution is -0.0503. The maximum Gasteiger partial charge on any atom is 0.268 e. The number of pyridine rings is 1. The molecule has 0 radical (unpaired) electrons. The zero-order valence-corrected chi connectivity index (χ0v) is 16.9. The Balaban J connectivity index is 1.36. The number of amides is 1. The maximum absolute atomic E-state index is 13.1. The Kier molecular flexibility index (Phi) is 4.10. The average Bonchev–Trinajstić information content (AvgIpc) is 3.10. The summed E-state index contributed by atoms with van der Waals surface area (Å²) in [4.78, 5) is 17.7. The summed E-state index contributed by atoms with van der Waals surface area (Å²) in [7, 11) is 0. The minimum absolute atomic E-state index is 0.0183. The molecule has 0 unspecified atom stereocenters. The number of nitrogens with one attached hydrogen (secondary N) is 1. The number of nitrogens with zero attached hydrogens (tertiary/aromatic N) is 2. The van der Waals surface area contributed by atoms with Crippen LogP contribution in [0.25, 0.3) is 5.65 Å². The normalized spacial score (nSPS) is 31.5. The summed E-state index contributed by atoms with van der Waals surface area (Å²) in [6.45, 7) is 4.74. The van der Waals surface area contributed by atoms with Gasteiger partial charge in [0.15, 0.2) is 0 Å². The van der Waals surface area contributed by atoms with Crippen LogP contribution < -0.4 is 5.32 Å². The predicted molar refractivity (Wildman–Crippen MR) is 108 cm³/mol. The van der Waals surface area contributed by atoms with Gasteiger partial charge in [0.25, 0.3) is 5.91 Å². The first kappa shape index (κ1) is 18.2. The molecule has 1 amide bonds. The summed E-state index contributed by atoms with van der Waals surface area (Å²) < 4.78 is 1.86. The van der Waals surface area contributed by atoms with Gasteiger partial charge in [-0.25, -0.2) is 4.98 Å². The average molecular weight is 382 g/mol. The molecule has 0 aromatic carbocycles. The van der Waals surface area contributed by atoms with Crippen LogP contribution in [-0.4, -0.2) is 33.6 Å². The lowest BCUT2D eigenvalue weighted by Crippen LogP contribution is -2.51. The van der Waals surface area contributed by atoms with Crippen molar-refractivity contribution in [1.82, 2.24) is 14.7 Å². The number of hydrogen-bond donors (Lipinski definition) is 2. The van der Waals surface area contributed by atoms with Crippen molar-refractivity contribution in [2.24, 2.45) is 23.2 Å². The van der Waals surface area contributed by atoms with Gasteiger partial charge >= 0.3 is 0 Å². The van der Waals surface area contributed by atoms with Crippen LogP contribution in [0.3, 0.4) is 0 Å². The summed E-state index contributed by atoms with van der Waals surface area (Å²) in [5.74, 6) is 2.66. The molecule has 0 atom stereocenters. The molecular formula is C23H31N3O2. The van der Waals surface area contributed by atoms with E-state index in [2.05, 4.69) is 10.3 Å². The van der Waals surface area contributed by atoms with E-state index in [0.29, 0.717) is 11.1 Å². The van der Waals surface area contributed by atoms with Gasteiger partial charge in [-0.3, -0.25) is 9.20 Å². The fraction of sp³-hybridized carbons (Fsp3) is 0.652. The van der Waals surface area contributed by atoms with Gasteiger partial charge in [-0.15, -0.1) is 0 Å². The van der Waals surface area contributed by atoms with Crippen molar-refractivity contribution in [3.05, 3.63) is 35.8 Å². The lowest BCUT2D eigenvalue weighted by Gasteiger charge is -2.56. The van der Waals surface area contributed by atoms with E-state index in [9.17, 15) is 9.90 Å². The van der Waals surface area contributed by atoms with Crippen LogP contribution in [0, 0.1) is 23.2 Å². The molecule has 0 saturated heterocycles. The number of aromatic nitrogens is 2. The van der Waals surface area contributed by atoms with E-state index in [0.717, 1.165) is 35.6 Å². The van der Waals surface area contributed by atoms with Gasteiger partial charge in [0, 0.05) is 18.2 Å². The fourth-order valence-electron chi connectivity index (χ4n) is 6.47. The Bertz CT molecular complexity index is 878. The number of carbonyl (C=O) groups is 1. The summed E-state index contributed by atoms with van der Waals surface area (Å²) in [5.41, 5.74) is 2.07. The Morgan fingerprint density at radius 3 is 2.46 bits per heavy atom. The van der Waals surface area contributed by atoms with Gasteiger partial charge in [-0.1, -0.05) is 19.9 Å². The third kappa shape index (κ3) is 2.95. The van der Waals surface area contributed by atoms with Crippen LogP contribution in [0.15, 0.2) is 24.4 Å². The second kappa shape index (κ2) is 6.31. The van der Waals surface area contributed by atoms with Crippen molar-refractivity contribution < 1.29 is 9.90 Å². The van der Waals surface area contributed by atoms with Crippen LogP contribution >= 0.6 is 0 Å². The quantitative estimate of drug-likeness (QED) is 0.832. The second-order valence-electron chi connectivity index (χ2n) is 10.4. The van der Waals surface area contributed by atoms with Crippen molar-refractivity contribution >= 4 is 11.6 Å². The summed E-state index contributed by atoms with van der Waals surface area (Å²) in [5, 5.41) is 12.9. The van der Waals surface area contributed by atoms with Crippen LogP contribution in [0.1, 0.15) is 68.6 Å².